The lowest BCUT2D eigenvalue weighted by Crippen LogP contribution is -2.43. The number of amides is 1. The van der Waals surface area contributed by atoms with E-state index in [1.807, 2.05) is 0 Å². The van der Waals surface area contributed by atoms with Gasteiger partial charge in [-0.15, -0.1) is 0 Å². The highest BCUT2D eigenvalue weighted by Gasteiger charge is 2.42. The number of halogens is 3. The molecule has 1 saturated carbocycles. The molecule has 0 bridgehead atoms. The Morgan fingerprint density at radius 3 is 2.83 bits per heavy atom. The van der Waals surface area contributed by atoms with Gasteiger partial charge in [-0.2, -0.15) is 13.2 Å². The zero-order chi connectivity index (χ0) is 17.3. The van der Waals surface area contributed by atoms with Crippen LogP contribution in [0.15, 0.2) is 35.4 Å². The van der Waals surface area contributed by atoms with Gasteiger partial charge in [0.05, 0.1) is 5.92 Å². The highest BCUT2D eigenvalue weighted by molar-refractivity contribution is 5.93. The fourth-order valence-corrected chi connectivity index (χ4v) is 3.06. The molecule has 0 aromatic carbocycles. The number of aromatic nitrogens is 2. The summed E-state index contributed by atoms with van der Waals surface area (Å²) in [5.41, 5.74) is -0.317. The smallest absolute Gasteiger partial charge is 0.349 e. The van der Waals surface area contributed by atoms with Crippen LogP contribution in [0.5, 0.6) is 0 Å². The molecule has 3 rings (SSSR count). The van der Waals surface area contributed by atoms with Gasteiger partial charge in [0.2, 0.25) is 0 Å². The van der Waals surface area contributed by atoms with E-state index in [0.717, 1.165) is 6.20 Å². The van der Waals surface area contributed by atoms with Gasteiger partial charge in [0.15, 0.2) is 0 Å². The van der Waals surface area contributed by atoms with Crippen LogP contribution in [0.2, 0.25) is 0 Å². The Balaban J connectivity index is 1.78. The summed E-state index contributed by atoms with van der Waals surface area (Å²) in [6.45, 7) is 0. The molecule has 2 atom stereocenters. The summed E-state index contributed by atoms with van der Waals surface area (Å²) >= 11 is 0. The Hall–Kier alpha value is -2.38. The number of carbonyl (C=O) groups excluding carboxylic acids is 1. The Morgan fingerprint density at radius 1 is 1.29 bits per heavy atom. The average molecular weight is 339 g/mol. The third-order valence-corrected chi connectivity index (χ3v) is 4.33. The van der Waals surface area contributed by atoms with Gasteiger partial charge in [-0.1, -0.05) is 12.5 Å². The van der Waals surface area contributed by atoms with E-state index in [4.69, 9.17) is 0 Å². The van der Waals surface area contributed by atoms with Crippen molar-refractivity contribution in [3.63, 3.8) is 0 Å². The van der Waals surface area contributed by atoms with Crippen LogP contribution >= 0.6 is 0 Å². The first-order chi connectivity index (χ1) is 11.4. The molecule has 1 amide bonds. The fourth-order valence-electron chi connectivity index (χ4n) is 3.06. The largest absolute Gasteiger partial charge is 0.391 e. The van der Waals surface area contributed by atoms with Crippen LogP contribution in [0, 0.1) is 5.92 Å². The summed E-state index contributed by atoms with van der Waals surface area (Å²) in [6, 6.07) is 4.37. The van der Waals surface area contributed by atoms with Crippen molar-refractivity contribution in [2.24, 2.45) is 5.92 Å². The van der Waals surface area contributed by atoms with Crippen LogP contribution in [0.1, 0.15) is 36.0 Å². The molecule has 1 aliphatic rings. The van der Waals surface area contributed by atoms with E-state index in [2.05, 4.69) is 10.3 Å². The molecule has 0 unspecified atom stereocenters. The van der Waals surface area contributed by atoms with Crippen molar-refractivity contribution in [2.45, 2.75) is 37.9 Å². The normalized spacial score (nSPS) is 21.6. The maximum Gasteiger partial charge on any atom is 0.391 e. The Morgan fingerprint density at radius 2 is 2.08 bits per heavy atom. The van der Waals surface area contributed by atoms with Crippen LogP contribution in [-0.4, -0.2) is 27.5 Å². The van der Waals surface area contributed by atoms with Crippen molar-refractivity contribution in [2.75, 3.05) is 0 Å². The van der Waals surface area contributed by atoms with E-state index in [9.17, 15) is 22.8 Å². The highest BCUT2D eigenvalue weighted by Crippen LogP contribution is 2.37. The van der Waals surface area contributed by atoms with Crippen LogP contribution in [0.25, 0.3) is 5.65 Å². The second kappa shape index (κ2) is 6.26. The summed E-state index contributed by atoms with van der Waals surface area (Å²) < 4.78 is 39.7. The molecule has 0 radical (unpaired) electrons. The number of fused-ring (bicyclic) bond motifs is 1. The van der Waals surface area contributed by atoms with E-state index < -0.39 is 29.6 Å². The van der Waals surface area contributed by atoms with Crippen LogP contribution < -0.4 is 10.9 Å². The zero-order valence-corrected chi connectivity index (χ0v) is 12.7. The molecule has 0 aliphatic heterocycles. The number of hydrogen-bond donors (Lipinski definition) is 1. The molecule has 1 N–H and O–H groups in total. The first-order valence-electron chi connectivity index (χ1n) is 7.70. The average Bonchev–Trinajstić information content (AvgIpc) is 2.55. The molecule has 2 heterocycles. The van der Waals surface area contributed by atoms with Crippen molar-refractivity contribution >= 4 is 11.6 Å². The molecule has 2 aromatic heterocycles. The number of carbonyl (C=O) groups is 1. The molecule has 5 nitrogen and oxygen atoms in total. The van der Waals surface area contributed by atoms with Gasteiger partial charge < -0.3 is 5.32 Å². The number of nitrogens with one attached hydrogen (secondary N) is 1. The molecule has 24 heavy (non-hydrogen) atoms. The topological polar surface area (TPSA) is 63.5 Å². The lowest BCUT2D eigenvalue weighted by molar-refractivity contribution is -0.183. The molecule has 0 spiro atoms. The maximum atomic E-state index is 12.8. The quantitative estimate of drug-likeness (QED) is 0.915. The van der Waals surface area contributed by atoms with Gasteiger partial charge in [-0.3, -0.25) is 14.0 Å². The Bertz CT molecular complexity index is 816. The molecule has 2 aromatic rings. The molecular formula is C16H16F3N3O2. The van der Waals surface area contributed by atoms with Crippen LogP contribution in [0.3, 0.4) is 0 Å². The number of pyridine rings is 1. The van der Waals surface area contributed by atoms with E-state index in [1.165, 1.54) is 10.6 Å². The summed E-state index contributed by atoms with van der Waals surface area (Å²) in [5.74, 6) is -2.09. The lowest BCUT2D eigenvalue weighted by atomic mass is 9.85. The fraction of sp³-hybridized carbons (Fsp3) is 0.438. The van der Waals surface area contributed by atoms with E-state index >= 15 is 0 Å². The van der Waals surface area contributed by atoms with Crippen LogP contribution in [-0.2, 0) is 0 Å². The third kappa shape index (κ3) is 3.27. The minimum Gasteiger partial charge on any atom is -0.349 e. The Kier molecular flexibility index (Phi) is 4.29. The van der Waals surface area contributed by atoms with Crippen molar-refractivity contribution in [1.82, 2.24) is 14.7 Å². The predicted molar refractivity (Wildman–Crippen MR) is 80.7 cm³/mol. The van der Waals surface area contributed by atoms with Gasteiger partial charge in [-0.05, 0) is 31.4 Å². The van der Waals surface area contributed by atoms with Crippen molar-refractivity contribution < 1.29 is 18.0 Å². The van der Waals surface area contributed by atoms with E-state index in [0.29, 0.717) is 18.5 Å². The monoisotopic (exact) mass is 339 g/mol. The molecular weight excluding hydrogens is 323 g/mol. The summed E-state index contributed by atoms with van der Waals surface area (Å²) in [4.78, 5) is 28.6. The van der Waals surface area contributed by atoms with E-state index in [1.54, 1.807) is 18.2 Å². The van der Waals surface area contributed by atoms with Gasteiger partial charge in [-0.25, -0.2) is 4.98 Å². The van der Waals surface area contributed by atoms with Gasteiger partial charge in [0.25, 0.3) is 11.5 Å². The summed E-state index contributed by atoms with van der Waals surface area (Å²) in [5, 5.41) is 2.55. The number of rotatable bonds is 2. The molecule has 8 heteroatoms. The summed E-state index contributed by atoms with van der Waals surface area (Å²) in [6.07, 6.45) is -0.815. The SMILES string of the molecule is O=C(N[C@@H]1CCC[C@@H](C(F)(F)F)C1)c1cnc2ccccn2c1=O. The standard InChI is InChI=1S/C16H16F3N3O2/c17-16(18,19)10-4-3-5-11(8-10)21-14(23)12-9-20-13-6-1-2-7-22(13)15(12)24/h1-2,6-7,9-11H,3-5,8H2,(H,21,23)/t10-,11-/m1/s1. The van der Waals surface area contributed by atoms with Gasteiger partial charge in [0, 0.05) is 18.4 Å². The second-order valence-corrected chi connectivity index (χ2v) is 5.98. The van der Waals surface area contributed by atoms with Crippen LogP contribution in [0.4, 0.5) is 13.2 Å². The first-order valence-corrected chi connectivity index (χ1v) is 7.70. The molecule has 128 valence electrons. The lowest BCUT2D eigenvalue weighted by Gasteiger charge is -2.30. The minimum absolute atomic E-state index is 0.0794. The Labute approximate surface area is 135 Å². The second-order valence-electron chi connectivity index (χ2n) is 5.98. The number of nitrogens with zero attached hydrogens (tertiary/aromatic N) is 2. The molecule has 0 saturated heterocycles. The highest BCUT2D eigenvalue weighted by atomic mass is 19.4. The van der Waals surface area contributed by atoms with Gasteiger partial charge in [0.1, 0.15) is 11.2 Å². The summed E-state index contributed by atoms with van der Waals surface area (Å²) in [7, 11) is 0. The predicted octanol–water partition coefficient (Wildman–Crippen LogP) is 2.55. The third-order valence-electron chi connectivity index (χ3n) is 4.33. The van der Waals surface area contributed by atoms with Gasteiger partial charge >= 0.3 is 6.18 Å². The molecule has 1 fully saturated rings. The van der Waals surface area contributed by atoms with Crippen molar-refractivity contribution in [3.05, 3.63) is 46.5 Å². The van der Waals surface area contributed by atoms with E-state index in [-0.39, 0.29) is 18.4 Å². The maximum absolute atomic E-state index is 12.8. The number of alkyl halides is 3. The first kappa shape index (κ1) is 16.5. The van der Waals surface area contributed by atoms with Crippen molar-refractivity contribution in [3.8, 4) is 0 Å². The zero-order valence-electron chi connectivity index (χ0n) is 12.7. The van der Waals surface area contributed by atoms with Crippen molar-refractivity contribution in [1.29, 1.82) is 0 Å². The minimum atomic E-state index is -4.26. The molecule has 1 aliphatic carbocycles. The number of hydrogen-bond acceptors (Lipinski definition) is 3.